The summed E-state index contributed by atoms with van der Waals surface area (Å²) in [7, 11) is -4.17. The summed E-state index contributed by atoms with van der Waals surface area (Å²) in [5, 5.41) is 2.34. The van der Waals surface area contributed by atoms with Crippen molar-refractivity contribution in [2.24, 2.45) is 0 Å². The van der Waals surface area contributed by atoms with E-state index in [9.17, 15) is 27.2 Å². The van der Waals surface area contributed by atoms with Crippen molar-refractivity contribution in [1.29, 1.82) is 0 Å². The molecule has 0 spiro atoms. The number of nitrogens with one attached hydrogen (secondary N) is 3. The van der Waals surface area contributed by atoms with Crippen LogP contribution in [0.1, 0.15) is 0 Å². The molecule has 0 saturated heterocycles. The van der Waals surface area contributed by atoms with Crippen LogP contribution in [-0.2, 0) is 10.0 Å². The van der Waals surface area contributed by atoms with Crippen molar-refractivity contribution in [3.8, 4) is 5.69 Å². The van der Waals surface area contributed by atoms with Crippen LogP contribution in [0.2, 0.25) is 4.34 Å². The third-order valence-corrected chi connectivity index (χ3v) is 7.89. The van der Waals surface area contributed by atoms with E-state index in [1.54, 1.807) is 10.8 Å². The standard InChI is InChI=1S/C19H11BrClFN4O5S2/c20-9-1-3-13-11(7-9)17(27)26(19(29)24-13)14-4-2-10(8-12(14)22)23-18(28)25-33(30,31)16-6-5-15(21)32-16/h1-8H,(H,24,29)(H2,23,25,28). The lowest BCUT2D eigenvalue weighted by Gasteiger charge is -2.11. The van der Waals surface area contributed by atoms with E-state index < -0.39 is 33.1 Å². The molecule has 3 N–H and O–H groups in total. The number of benzene rings is 2. The fourth-order valence-electron chi connectivity index (χ4n) is 2.94. The largest absolute Gasteiger partial charge is 0.333 e. The Morgan fingerprint density at radius 3 is 2.55 bits per heavy atom. The Balaban J connectivity index is 1.62. The molecule has 0 saturated carbocycles. The number of aromatic amines is 1. The Labute approximate surface area is 202 Å². The predicted molar refractivity (Wildman–Crippen MR) is 126 cm³/mol. The number of hydrogen-bond acceptors (Lipinski definition) is 6. The molecule has 4 aromatic rings. The van der Waals surface area contributed by atoms with Gasteiger partial charge in [0.1, 0.15) is 10.0 Å². The van der Waals surface area contributed by atoms with Crippen LogP contribution in [0.4, 0.5) is 14.9 Å². The van der Waals surface area contributed by atoms with Crippen LogP contribution < -0.4 is 21.3 Å². The van der Waals surface area contributed by atoms with E-state index in [1.807, 2.05) is 0 Å². The number of carbonyl (C=O) groups is 1. The number of aromatic nitrogens is 2. The quantitative estimate of drug-likeness (QED) is 0.342. The van der Waals surface area contributed by atoms with Crippen LogP contribution >= 0.6 is 38.9 Å². The van der Waals surface area contributed by atoms with Gasteiger partial charge in [-0.2, -0.15) is 0 Å². The van der Waals surface area contributed by atoms with Crippen LogP contribution in [0.3, 0.4) is 0 Å². The van der Waals surface area contributed by atoms with Gasteiger partial charge in [-0.05, 0) is 48.5 Å². The van der Waals surface area contributed by atoms with E-state index >= 15 is 0 Å². The summed E-state index contributed by atoms with van der Waals surface area (Å²) in [5.74, 6) is -0.998. The zero-order valence-electron chi connectivity index (χ0n) is 16.1. The first-order chi connectivity index (χ1) is 15.5. The number of fused-ring (bicyclic) bond motifs is 1. The zero-order chi connectivity index (χ0) is 23.9. The first kappa shape index (κ1) is 23.2. The van der Waals surface area contributed by atoms with Crippen LogP contribution in [0.15, 0.2) is 66.8 Å². The summed E-state index contributed by atoms with van der Waals surface area (Å²) in [6, 6.07) is 9.29. The number of carbonyl (C=O) groups excluding carboxylic acids is 1. The molecule has 14 heteroatoms. The van der Waals surface area contributed by atoms with Crippen LogP contribution in [0, 0.1) is 5.82 Å². The highest BCUT2D eigenvalue weighted by Gasteiger charge is 2.20. The summed E-state index contributed by atoms with van der Waals surface area (Å²) >= 11 is 9.71. The maximum atomic E-state index is 14.8. The van der Waals surface area contributed by atoms with E-state index in [2.05, 4.69) is 26.2 Å². The van der Waals surface area contributed by atoms with E-state index in [0.717, 1.165) is 23.5 Å². The highest BCUT2D eigenvalue weighted by molar-refractivity contribution is 9.10. The van der Waals surface area contributed by atoms with Crippen molar-refractivity contribution in [2.45, 2.75) is 4.21 Å². The molecule has 0 radical (unpaired) electrons. The molecule has 2 aromatic carbocycles. The number of urea groups is 1. The topological polar surface area (TPSA) is 130 Å². The van der Waals surface area contributed by atoms with Crippen molar-refractivity contribution in [1.82, 2.24) is 14.3 Å². The molecule has 0 aliphatic heterocycles. The first-order valence-electron chi connectivity index (χ1n) is 8.89. The van der Waals surface area contributed by atoms with Crippen molar-refractivity contribution in [2.75, 3.05) is 5.32 Å². The van der Waals surface area contributed by atoms with Gasteiger partial charge in [0.25, 0.3) is 15.6 Å². The molecule has 0 aliphatic rings. The van der Waals surface area contributed by atoms with Crippen molar-refractivity contribution >= 4 is 71.5 Å². The van der Waals surface area contributed by atoms with E-state index in [-0.39, 0.29) is 30.8 Å². The highest BCUT2D eigenvalue weighted by atomic mass is 79.9. The number of amides is 2. The maximum absolute atomic E-state index is 14.8. The normalized spacial score (nSPS) is 11.5. The minimum absolute atomic E-state index is 0.110. The number of anilines is 1. The molecular weight excluding hydrogens is 563 g/mol. The van der Waals surface area contributed by atoms with Gasteiger partial charge in [-0.1, -0.05) is 27.5 Å². The van der Waals surface area contributed by atoms with Crippen molar-refractivity contribution < 1.29 is 17.6 Å². The number of hydrogen-bond donors (Lipinski definition) is 3. The van der Waals surface area contributed by atoms with Crippen LogP contribution in [0.5, 0.6) is 0 Å². The van der Waals surface area contributed by atoms with Gasteiger partial charge in [-0.15, -0.1) is 11.3 Å². The van der Waals surface area contributed by atoms with Gasteiger partial charge >= 0.3 is 11.7 Å². The predicted octanol–water partition coefficient (Wildman–Crippen LogP) is 3.81. The second-order valence-electron chi connectivity index (χ2n) is 6.54. The lowest BCUT2D eigenvalue weighted by Crippen LogP contribution is -2.35. The maximum Gasteiger partial charge on any atom is 0.333 e. The van der Waals surface area contributed by atoms with E-state index in [4.69, 9.17) is 11.6 Å². The minimum atomic E-state index is -4.17. The number of rotatable bonds is 4. The molecule has 0 unspecified atom stereocenters. The molecule has 2 heterocycles. The Morgan fingerprint density at radius 2 is 1.88 bits per heavy atom. The molecule has 0 aliphatic carbocycles. The summed E-state index contributed by atoms with van der Waals surface area (Å²) in [5.41, 5.74) is -1.77. The summed E-state index contributed by atoms with van der Waals surface area (Å²) in [6.07, 6.45) is 0. The Hall–Kier alpha value is -3.00. The summed E-state index contributed by atoms with van der Waals surface area (Å²) in [4.78, 5) is 39.8. The summed E-state index contributed by atoms with van der Waals surface area (Å²) in [6.45, 7) is 0. The van der Waals surface area contributed by atoms with Crippen LogP contribution in [-0.4, -0.2) is 24.0 Å². The molecule has 4 rings (SSSR count). The molecule has 2 aromatic heterocycles. The smallest absolute Gasteiger partial charge is 0.307 e. The van der Waals surface area contributed by atoms with Gasteiger partial charge in [-0.3, -0.25) is 4.79 Å². The third-order valence-electron chi connectivity index (χ3n) is 4.35. The SMILES string of the molecule is O=C(Nc1ccc(-n2c(=O)[nH]c3ccc(Br)cc3c2=O)c(F)c1)NS(=O)(=O)c1ccc(Cl)s1. The molecular formula is C19H11BrClFN4O5S2. The van der Waals surface area contributed by atoms with E-state index in [0.29, 0.717) is 9.04 Å². The molecule has 0 bridgehead atoms. The van der Waals surface area contributed by atoms with Gasteiger partial charge in [0.2, 0.25) is 0 Å². The number of sulfonamides is 1. The minimum Gasteiger partial charge on any atom is -0.307 e. The Morgan fingerprint density at radius 1 is 1.12 bits per heavy atom. The monoisotopic (exact) mass is 572 g/mol. The lowest BCUT2D eigenvalue weighted by molar-refractivity contribution is 0.256. The fourth-order valence-corrected chi connectivity index (χ4v) is 5.69. The molecule has 0 atom stereocenters. The van der Waals surface area contributed by atoms with Crippen molar-refractivity contribution in [3.63, 3.8) is 0 Å². The Bertz CT molecular complexity index is 1650. The highest BCUT2D eigenvalue weighted by Crippen LogP contribution is 2.25. The Kier molecular flexibility index (Phi) is 6.14. The molecule has 2 amide bonds. The lowest BCUT2D eigenvalue weighted by atomic mass is 10.2. The molecule has 9 nitrogen and oxygen atoms in total. The molecule has 0 fully saturated rings. The van der Waals surface area contributed by atoms with Gasteiger partial charge in [0.05, 0.1) is 20.9 Å². The molecule has 33 heavy (non-hydrogen) atoms. The second-order valence-corrected chi connectivity index (χ2v) is 11.1. The zero-order valence-corrected chi connectivity index (χ0v) is 20.0. The van der Waals surface area contributed by atoms with Gasteiger partial charge in [0, 0.05) is 10.2 Å². The number of halogens is 3. The number of nitrogens with zero attached hydrogens (tertiary/aromatic N) is 1. The van der Waals surface area contributed by atoms with Gasteiger partial charge in [0.15, 0.2) is 0 Å². The third kappa shape index (κ3) is 4.71. The van der Waals surface area contributed by atoms with Gasteiger partial charge < -0.3 is 10.3 Å². The number of thiophene rings is 1. The number of H-pyrrole nitrogens is 1. The van der Waals surface area contributed by atoms with Crippen molar-refractivity contribution in [3.05, 3.63) is 84.0 Å². The van der Waals surface area contributed by atoms with E-state index in [1.165, 1.54) is 30.3 Å². The van der Waals surface area contributed by atoms with Gasteiger partial charge in [-0.25, -0.2) is 31.7 Å². The first-order valence-corrected chi connectivity index (χ1v) is 12.4. The summed E-state index contributed by atoms with van der Waals surface area (Å²) < 4.78 is 42.2. The second kappa shape index (κ2) is 8.74. The molecule has 170 valence electrons. The average molecular weight is 574 g/mol. The van der Waals surface area contributed by atoms with Crippen LogP contribution in [0.25, 0.3) is 16.6 Å². The average Bonchev–Trinajstić information content (AvgIpc) is 3.17. The fraction of sp³-hybridized carbons (Fsp3) is 0.